The summed E-state index contributed by atoms with van der Waals surface area (Å²) in [5, 5.41) is 11.1. The molecule has 7 heteroatoms. The van der Waals surface area contributed by atoms with Crippen LogP contribution in [-0.2, 0) is 11.3 Å². The number of halogens is 2. The monoisotopic (exact) mass is 338 g/mol. The van der Waals surface area contributed by atoms with E-state index in [1.165, 1.54) is 25.3 Å². The molecule has 23 heavy (non-hydrogen) atoms. The highest BCUT2D eigenvalue weighted by Crippen LogP contribution is 2.16. The Morgan fingerprint density at radius 2 is 2.13 bits per heavy atom. The van der Waals surface area contributed by atoms with Crippen molar-refractivity contribution in [1.29, 1.82) is 5.41 Å². The Morgan fingerprint density at radius 1 is 1.43 bits per heavy atom. The van der Waals surface area contributed by atoms with E-state index >= 15 is 0 Å². The molecule has 0 unspecified atom stereocenters. The van der Waals surface area contributed by atoms with Crippen LogP contribution in [0.3, 0.4) is 0 Å². The number of hydrogen-bond acceptors (Lipinski definition) is 5. The molecule has 5 nitrogen and oxygen atoms in total. The van der Waals surface area contributed by atoms with Gasteiger partial charge < -0.3 is 15.5 Å². The van der Waals surface area contributed by atoms with Crippen LogP contribution >= 0.6 is 11.6 Å². The zero-order chi connectivity index (χ0) is 17.4. The van der Waals surface area contributed by atoms with Gasteiger partial charge in [0, 0.05) is 13.6 Å². The van der Waals surface area contributed by atoms with Crippen molar-refractivity contribution < 1.29 is 9.13 Å². The Balaban J connectivity index is 2.70. The normalized spacial score (nSPS) is 10.9. The lowest BCUT2D eigenvalue weighted by Gasteiger charge is -2.13. The van der Waals surface area contributed by atoms with Crippen LogP contribution in [0, 0.1) is 11.2 Å². The van der Waals surface area contributed by atoms with E-state index in [0.717, 1.165) is 5.56 Å². The summed E-state index contributed by atoms with van der Waals surface area (Å²) in [5.41, 5.74) is 7.39. The van der Waals surface area contributed by atoms with E-state index in [0.29, 0.717) is 23.7 Å². The zero-order valence-electron chi connectivity index (χ0n) is 13.1. The van der Waals surface area contributed by atoms with Crippen LogP contribution in [0.25, 0.3) is 0 Å². The van der Waals surface area contributed by atoms with Gasteiger partial charge in [-0.2, -0.15) is 0 Å². The highest BCUT2D eigenvalue weighted by molar-refractivity contribution is 6.30. The summed E-state index contributed by atoms with van der Waals surface area (Å²) >= 11 is 5.73. The molecule has 0 saturated carbocycles. The first-order chi connectivity index (χ1) is 10.9. The van der Waals surface area contributed by atoms with E-state index in [1.54, 1.807) is 13.1 Å². The van der Waals surface area contributed by atoms with Gasteiger partial charge >= 0.3 is 0 Å². The molecule has 0 saturated heterocycles. The second kappa shape index (κ2) is 8.97. The Kier molecular flexibility index (Phi) is 7.31. The molecule has 0 heterocycles. The molecule has 0 spiro atoms. The summed E-state index contributed by atoms with van der Waals surface area (Å²) in [7, 11) is 3.17. The van der Waals surface area contributed by atoms with Crippen LogP contribution in [0.1, 0.15) is 5.56 Å². The van der Waals surface area contributed by atoms with Crippen LogP contribution in [-0.4, -0.2) is 19.9 Å². The van der Waals surface area contributed by atoms with Gasteiger partial charge in [0.25, 0.3) is 0 Å². The van der Waals surface area contributed by atoms with Gasteiger partial charge in [-0.1, -0.05) is 30.8 Å². The van der Waals surface area contributed by atoms with Crippen molar-refractivity contribution in [3.8, 4) is 0 Å². The lowest BCUT2D eigenvalue weighted by molar-refractivity contribution is 0.296. The fourth-order valence-corrected chi connectivity index (χ4v) is 1.82. The lowest BCUT2D eigenvalue weighted by atomic mass is 10.2. The van der Waals surface area contributed by atoms with Crippen LogP contribution in [0.2, 0.25) is 5.02 Å². The van der Waals surface area contributed by atoms with Gasteiger partial charge in [-0.05, 0) is 23.8 Å². The molecular formula is C16H20ClFN4O. The minimum atomic E-state index is -0.467. The fraction of sp³-hybridized carbons (Fsp3) is 0.188. The highest BCUT2D eigenvalue weighted by atomic mass is 35.5. The molecule has 0 atom stereocenters. The van der Waals surface area contributed by atoms with Crippen molar-refractivity contribution >= 4 is 17.3 Å². The van der Waals surface area contributed by atoms with Gasteiger partial charge in [0.15, 0.2) is 0 Å². The third kappa shape index (κ3) is 5.77. The molecule has 0 radical (unpaired) electrons. The first-order valence-corrected chi connectivity index (χ1v) is 7.10. The number of methoxy groups -OCH3 is 1. The van der Waals surface area contributed by atoms with Gasteiger partial charge in [0.05, 0.1) is 29.2 Å². The third-order valence-corrected chi connectivity index (χ3v) is 3.20. The standard InChI is InChI=1S/C16H20ClFN4O/c1-10(15(19)8-16(22-20-3)11(2)23-4)21-9-12-5-6-14(18)13(17)7-12/h5-8,19-22H,1-2,9H2,3-4H3/b16-8-,19-15?. The minimum Gasteiger partial charge on any atom is -0.495 e. The van der Waals surface area contributed by atoms with Gasteiger partial charge in [-0.3, -0.25) is 5.41 Å². The molecule has 1 aromatic carbocycles. The zero-order valence-corrected chi connectivity index (χ0v) is 13.9. The number of hydrazine groups is 1. The Morgan fingerprint density at radius 3 is 2.70 bits per heavy atom. The molecule has 0 amide bonds. The van der Waals surface area contributed by atoms with E-state index in [1.807, 2.05) is 0 Å². The van der Waals surface area contributed by atoms with E-state index in [2.05, 4.69) is 29.3 Å². The van der Waals surface area contributed by atoms with Gasteiger partial charge in [-0.15, -0.1) is 0 Å². The summed E-state index contributed by atoms with van der Waals surface area (Å²) in [6.07, 6.45) is 1.52. The molecular weight excluding hydrogens is 319 g/mol. The van der Waals surface area contributed by atoms with Gasteiger partial charge in [0.2, 0.25) is 0 Å². The molecule has 124 valence electrons. The van der Waals surface area contributed by atoms with Crippen molar-refractivity contribution in [2.24, 2.45) is 0 Å². The molecule has 0 aliphatic carbocycles. The van der Waals surface area contributed by atoms with E-state index in [-0.39, 0.29) is 10.7 Å². The molecule has 4 N–H and O–H groups in total. The molecule has 0 aromatic heterocycles. The molecule has 0 fully saturated rings. The van der Waals surface area contributed by atoms with Gasteiger partial charge in [0.1, 0.15) is 11.6 Å². The number of nitrogens with one attached hydrogen (secondary N) is 4. The lowest BCUT2D eigenvalue weighted by Crippen LogP contribution is -2.29. The van der Waals surface area contributed by atoms with Crippen LogP contribution in [0.15, 0.2) is 54.6 Å². The SMILES string of the molecule is C=C(NCc1ccc(F)c(Cl)c1)C(=N)/C=C(\NNC)C(=C)OC. The number of ether oxygens (including phenoxy) is 1. The largest absolute Gasteiger partial charge is 0.495 e. The molecule has 0 aliphatic rings. The number of benzene rings is 1. The first-order valence-electron chi connectivity index (χ1n) is 6.72. The molecule has 0 aliphatic heterocycles. The van der Waals surface area contributed by atoms with E-state index in [9.17, 15) is 4.39 Å². The quantitative estimate of drug-likeness (QED) is 0.242. The highest BCUT2D eigenvalue weighted by Gasteiger charge is 2.07. The summed E-state index contributed by atoms with van der Waals surface area (Å²) in [4.78, 5) is 0. The Labute approximate surface area is 140 Å². The summed E-state index contributed by atoms with van der Waals surface area (Å²) in [6.45, 7) is 7.90. The Hall–Kier alpha value is -2.31. The van der Waals surface area contributed by atoms with E-state index in [4.69, 9.17) is 21.7 Å². The Bertz CT molecular complexity index is 643. The maximum Gasteiger partial charge on any atom is 0.141 e. The average Bonchev–Trinajstić information content (AvgIpc) is 2.54. The minimum absolute atomic E-state index is 0.0572. The fourth-order valence-electron chi connectivity index (χ4n) is 1.62. The van der Waals surface area contributed by atoms with Crippen molar-refractivity contribution in [3.05, 3.63) is 71.0 Å². The predicted molar refractivity (Wildman–Crippen MR) is 91.5 cm³/mol. The average molecular weight is 339 g/mol. The van der Waals surface area contributed by atoms with Crippen LogP contribution < -0.4 is 16.2 Å². The maximum absolute atomic E-state index is 13.1. The van der Waals surface area contributed by atoms with Crippen molar-refractivity contribution in [2.75, 3.05) is 14.2 Å². The van der Waals surface area contributed by atoms with Crippen molar-refractivity contribution in [2.45, 2.75) is 6.54 Å². The van der Waals surface area contributed by atoms with Crippen molar-refractivity contribution in [3.63, 3.8) is 0 Å². The van der Waals surface area contributed by atoms with E-state index < -0.39 is 5.82 Å². The number of allylic oxidation sites excluding steroid dienone is 1. The second-order valence-corrected chi connectivity index (χ2v) is 4.96. The molecule has 0 bridgehead atoms. The molecule has 1 aromatic rings. The molecule has 1 rings (SSSR count). The second-order valence-electron chi connectivity index (χ2n) is 4.55. The van der Waals surface area contributed by atoms with Crippen molar-refractivity contribution in [1.82, 2.24) is 16.2 Å². The summed E-state index contributed by atoms with van der Waals surface area (Å²) < 4.78 is 18.1. The summed E-state index contributed by atoms with van der Waals surface area (Å²) in [6, 6.07) is 4.43. The topological polar surface area (TPSA) is 69.2 Å². The van der Waals surface area contributed by atoms with Crippen LogP contribution in [0.4, 0.5) is 4.39 Å². The predicted octanol–water partition coefficient (Wildman–Crippen LogP) is 2.87. The number of hydrogen-bond donors (Lipinski definition) is 4. The smallest absolute Gasteiger partial charge is 0.141 e. The van der Waals surface area contributed by atoms with Gasteiger partial charge in [-0.25, -0.2) is 9.82 Å². The first kappa shape index (κ1) is 18.7. The number of rotatable bonds is 9. The maximum atomic E-state index is 13.1. The third-order valence-electron chi connectivity index (χ3n) is 2.91. The van der Waals surface area contributed by atoms with Crippen LogP contribution in [0.5, 0.6) is 0 Å². The summed E-state index contributed by atoms with van der Waals surface area (Å²) in [5.74, 6) is -0.0898.